The highest BCUT2D eigenvalue weighted by atomic mass is 16.3. The van der Waals surface area contributed by atoms with E-state index >= 15 is 0 Å². The highest BCUT2D eigenvalue weighted by Crippen LogP contribution is 2.23. The van der Waals surface area contributed by atoms with Crippen LogP contribution in [0.15, 0.2) is 30.5 Å². The number of benzene rings is 1. The van der Waals surface area contributed by atoms with Crippen molar-refractivity contribution in [2.75, 3.05) is 13.2 Å². The van der Waals surface area contributed by atoms with Crippen molar-refractivity contribution in [3.63, 3.8) is 0 Å². The molecule has 0 aliphatic carbocycles. The molecule has 1 atom stereocenters. The Morgan fingerprint density at radius 3 is 3.00 bits per heavy atom. The van der Waals surface area contributed by atoms with Gasteiger partial charge in [0, 0.05) is 29.7 Å². The Morgan fingerprint density at radius 1 is 1.40 bits per heavy atom. The number of hydrogen-bond donors (Lipinski definition) is 3. The van der Waals surface area contributed by atoms with Crippen LogP contribution < -0.4 is 5.32 Å². The number of aromatic nitrogens is 1. The number of rotatable bonds is 4. The van der Waals surface area contributed by atoms with Gasteiger partial charge in [-0.1, -0.05) is 18.2 Å². The maximum absolute atomic E-state index is 8.76. The summed E-state index contributed by atoms with van der Waals surface area (Å²) in [4.78, 5) is 3.24. The molecule has 3 N–H and O–H groups in total. The Morgan fingerprint density at radius 2 is 2.20 bits per heavy atom. The van der Waals surface area contributed by atoms with Crippen LogP contribution in [0, 0.1) is 0 Å². The molecule has 0 saturated heterocycles. The average Bonchev–Trinajstić information content (AvgIpc) is 2.69. The molecule has 0 spiro atoms. The fourth-order valence-corrected chi connectivity index (χ4v) is 1.84. The van der Waals surface area contributed by atoms with Crippen molar-refractivity contribution in [2.45, 2.75) is 13.0 Å². The second kappa shape index (κ2) is 4.47. The van der Waals surface area contributed by atoms with E-state index in [0.717, 1.165) is 5.52 Å². The number of fused-ring (bicyclic) bond motifs is 1. The first-order valence-electron chi connectivity index (χ1n) is 5.23. The predicted octanol–water partition coefficient (Wildman–Crippen LogP) is 1.81. The fraction of sp³-hybridized carbons (Fsp3) is 0.333. The third kappa shape index (κ3) is 2.03. The summed E-state index contributed by atoms with van der Waals surface area (Å²) in [5.74, 6) is 0. The minimum Gasteiger partial charge on any atom is -0.395 e. The highest BCUT2D eigenvalue weighted by molar-refractivity contribution is 5.83. The predicted molar refractivity (Wildman–Crippen MR) is 61.8 cm³/mol. The molecule has 15 heavy (non-hydrogen) atoms. The third-order valence-corrected chi connectivity index (χ3v) is 2.65. The first-order valence-corrected chi connectivity index (χ1v) is 5.23. The first-order chi connectivity index (χ1) is 7.33. The van der Waals surface area contributed by atoms with E-state index < -0.39 is 0 Å². The molecule has 0 radical (unpaired) electrons. The van der Waals surface area contributed by atoms with Crippen LogP contribution in [0.2, 0.25) is 0 Å². The maximum Gasteiger partial charge on any atom is 0.0556 e. The molecule has 1 heterocycles. The number of aliphatic hydroxyl groups excluding tert-OH is 1. The van der Waals surface area contributed by atoms with Gasteiger partial charge in [0.05, 0.1) is 6.61 Å². The van der Waals surface area contributed by atoms with Crippen LogP contribution in [-0.4, -0.2) is 23.2 Å². The number of aromatic amines is 1. The van der Waals surface area contributed by atoms with Gasteiger partial charge in [-0.2, -0.15) is 0 Å². The molecule has 1 aromatic carbocycles. The Hall–Kier alpha value is -1.32. The van der Waals surface area contributed by atoms with Crippen molar-refractivity contribution in [1.82, 2.24) is 10.3 Å². The third-order valence-electron chi connectivity index (χ3n) is 2.65. The standard InChI is InChI=1S/C12H16N2O/c1-9(13-6-7-15)11-8-14-12-5-3-2-4-10(11)12/h2-5,8-9,13-15H,6-7H2,1H3. The van der Waals surface area contributed by atoms with Crippen molar-refractivity contribution < 1.29 is 5.11 Å². The van der Waals surface area contributed by atoms with Gasteiger partial charge < -0.3 is 15.4 Å². The quantitative estimate of drug-likeness (QED) is 0.711. The van der Waals surface area contributed by atoms with E-state index in [0.29, 0.717) is 6.54 Å². The summed E-state index contributed by atoms with van der Waals surface area (Å²) in [6.07, 6.45) is 2.03. The van der Waals surface area contributed by atoms with Crippen LogP contribution in [0.1, 0.15) is 18.5 Å². The Kier molecular flexibility index (Phi) is 3.04. The molecule has 2 aromatic rings. The Labute approximate surface area is 89.1 Å². The summed E-state index contributed by atoms with van der Waals surface area (Å²) in [6.45, 7) is 2.90. The van der Waals surface area contributed by atoms with Crippen LogP contribution in [0.3, 0.4) is 0 Å². The lowest BCUT2D eigenvalue weighted by Crippen LogP contribution is -2.21. The van der Waals surface area contributed by atoms with Crippen molar-refractivity contribution >= 4 is 10.9 Å². The molecule has 0 fully saturated rings. The summed E-state index contributed by atoms with van der Waals surface area (Å²) < 4.78 is 0. The average molecular weight is 204 g/mol. The molecule has 80 valence electrons. The van der Waals surface area contributed by atoms with Crippen molar-refractivity contribution in [1.29, 1.82) is 0 Å². The lowest BCUT2D eigenvalue weighted by Gasteiger charge is -2.11. The van der Waals surface area contributed by atoms with E-state index in [1.54, 1.807) is 0 Å². The molecule has 2 rings (SSSR count). The van der Waals surface area contributed by atoms with E-state index in [-0.39, 0.29) is 12.6 Å². The molecule has 1 unspecified atom stereocenters. The van der Waals surface area contributed by atoms with Gasteiger partial charge in [0.25, 0.3) is 0 Å². The first kappa shape index (κ1) is 10.2. The number of para-hydroxylation sites is 1. The Balaban J connectivity index is 2.27. The van der Waals surface area contributed by atoms with Gasteiger partial charge in [0.15, 0.2) is 0 Å². The van der Waals surface area contributed by atoms with E-state index in [2.05, 4.69) is 29.4 Å². The molecular weight excluding hydrogens is 188 g/mol. The summed E-state index contributed by atoms with van der Waals surface area (Å²) in [5, 5.41) is 13.3. The van der Waals surface area contributed by atoms with Gasteiger partial charge in [0.1, 0.15) is 0 Å². The largest absolute Gasteiger partial charge is 0.395 e. The van der Waals surface area contributed by atoms with Gasteiger partial charge in [-0.15, -0.1) is 0 Å². The summed E-state index contributed by atoms with van der Waals surface area (Å²) in [5.41, 5.74) is 2.41. The molecule has 1 aromatic heterocycles. The van der Waals surface area contributed by atoms with Crippen LogP contribution in [0.4, 0.5) is 0 Å². The lowest BCUT2D eigenvalue weighted by atomic mass is 10.1. The fourth-order valence-electron chi connectivity index (χ4n) is 1.84. The monoisotopic (exact) mass is 204 g/mol. The van der Waals surface area contributed by atoms with Gasteiger partial charge in [0.2, 0.25) is 0 Å². The topological polar surface area (TPSA) is 48.0 Å². The van der Waals surface area contributed by atoms with Crippen LogP contribution >= 0.6 is 0 Å². The number of aliphatic hydroxyl groups is 1. The number of H-pyrrole nitrogens is 1. The van der Waals surface area contributed by atoms with Crippen LogP contribution in [0.5, 0.6) is 0 Å². The lowest BCUT2D eigenvalue weighted by molar-refractivity contribution is 0.286. The smallest absolute Gasteiger partial charge is 0.0556 e. The molecule has 0 aliphatic rings. The summed E-state index contributed by atoms with van der Waals surface area (Å²) in [6, 6.07) is 8.50. The molecule has 0 aliphatic heterocycles. The maximum atomic E-state index is 8.76. The number of nitrogens with one attached hydrogen (secondary N) is 2. The summed E-state index contributed by atoms with van der Waals surface area (Å²) in [7, 11) is 0. The zero-order valence-electron chi connectivity index (χ0n) is 8.83. The van der Waals surface area contributed by atoms with Gasteiger partial charge in [-0.3, -0.25) is 0 Å². The van der Waals surface area contributed by atoms with Gasteiger partial charge in [-0.05, 0) is 18.6 Å². The van der Waals surface area contributed by atoms with Crippen molar-refractivity contribution in [3.8, 4) is 0 Å². The summed E-state index contributed by atoms with van der Waals surface area (Å²) >= 11 is 0. The van der Waals surface area contributed by atoms with Crippen molar-refractivity contribution in [2.24, 2.45) is 0 Å². The second-order valence-electron chi connectivity index (χ2n) is 3.69. The zero-order chi connectivity index (χ0) is 10.7. The van der Waals surface area contributed by atoms with E-state index in [1.165, 1.54) is 10.9 Å². The van der Waals surface area contributed by atoms with Crippen molar-refractivity contribution in [3.05, 3.63) is 36.0 Å². The van der Waals surface area contributed by atoms with Crippen LogP contribution in [0.25, 0.3) is 10.9 Å². The molecular formula is C12H16N2O. The minimum atomic E-state index is 0.173. The second-order valence-corrected chi connectivity index (χ2v) is 3.69. The van der Waals surface area contributed by atoms with Gasteiger partial charge in [-0.25, -0.2) is 0 Å². The SMILES string of the molecule is CC(NCCO)c1c[nH]c2ccccc12. The van der Waals surface area contributed by atoms with Gasteiger partial charge >= 0.3 is 0 Å². The molecule has 0 saturated carbocycles. The molecule has 3 heteroatoms. The Bertz CT molecular complexity index is 436. The molecule has 0 amide bonds. The van der Waals surface area contributed by atoms with E-state index in [9.17, 15) is 0 Å². The molecule has 0 bridgehead atoms. The normalized spacial score (nSPS) is 13.2. The minimum absolute atomic E-state index is 0.173. The number of hydrogen-bond acceptors (Lipinski definition) is 2. The van der Waals surface area contributed by atoms with E-state index in [4.69, 9.17) is 5.11 Å². The highest BCUT2D eigenvalue weighted by Gasteiger charge is 2.09. The van der Waals surface area contributed by atoms with Crippen LogP contribution in [-0.2, 0) is 0 Å². The zero-order valence-corrected chi connectivity index (χ0v) is 8.83. The molecule has 3 nitrogen and oxygen atoms in total. The van der Waals surface area contributed by atoms with E-state index in [1.807, 2.05) is 18.3 Å².